The van der Waals surface area contributed by atoms with Crippen LogP contribution in [0.5, 0.6) is 0 Å². The molecule has 0 spiro atoms. The van der Waals surface area contributed by atoms with E-state index in [1.807, 2.05) is 13.1 Å². The lowest BCUT2D eigenvalue weighted by molar-refractivity contribution is -0.384. The lowest BCUT2D eigenvalue weighted by atomic mass is 10.1. The number of benzene rings is 1. The zero-order valence-corrected chi connectivity index (χ0v) is 11.0. The normalized spacial score (nSPS) is 18.9. The first kappa shape index (κ1) is 13.8. The third-order valence-corrected chi connectivity index (χ3v) is 3.35. The van der Waals surface area contributed by atoms with Crippen LogP contribution in [0, 0.1) is 10.1 Å². The minimum absolute atomic E-state index is 0.0250. The summed E-state index contributed by atoms with van der Waals surface area (Å²) >= 11 is 0. The highest BCUT2D eigenvalue weighted by Crippen LogP contribution is 2.25. The fraction of sp³-hybridized carbons (Fsp3) is 0.538. The number of nitrogens with zero attached hydrogens (tertiary/aromatic N) is 2. The van der Waals surface area contributed by atoms with Crippen LogP contribution in [0.1, 0.15) is 18.4 Å². The number of anilines is 1. The standard InChI is InChI=1S/C13H19N3O3/c1-15(9-11-5-3-7-19-11)8-10-4-2-6-12(13(10)14)16(17)18/h2,4,6,11H,3,5,7-9,14H2,1H3. The first-order valence-corrected chi connectivity index (χ1v) is 6.40. The maximum absolute atomic E-state index is 10.8. The van der Waals surface area contributed by atoms with Gasteiger partial charge in [-0.15, -0.1) is 0 Å². The molecule has 2 rings (SSSR count). The zero-order valence-electron chi connectivity index (χ0n) is 11.0. The lowest BCUT2D eigenvalue weighted by Gasteiger charge is -2.21. The van der Waals surface area contributed by atoms with Gasteiger partial charge in [-0.05, 0) is 25.5 Å². The van der Waals surface area contributed by atoms with E-state index in [1.165, 1.54) is 6.07 Å². The Labute approximate surface area is 112 Å². The minimum Gasteiger partial charge on any atom is -0.393 e. The summed E-state index contributed by atoms with van der Waals surface area (Å²) in [5, 5.41) is 10.8. The highest BCUT2D eigenvalue weighted by molar-refractivity contribution is 5.62. The van der Waals surface area contributed by atoms with E-state index in [2.05, 4.69) is 4.90 Å². The van der Waals surface area contributed by atoms with Crippen molar-refractivity contribution in [2.75, 3.05) is 25.9 Å². The quantitative estimate of drug-likeness (QED) is 0.498. The molecular weight excluding hydrogens is 246 g/mol. The average molecular weight is 265 g/mol. The van der Waals surface area contributed by atoms with Crippen LogP contribution in [-0.2, 0) is 11.3 Å². The van der Waals surface area contributed by atoms with Crippen molar-refractivity contribution in [2.45, 2.75) is 25.5 Å². The number of nitrogen functional groups attached to an aromatic ring is 1. The molecular formula is C13H19N3O3. The number of nitro benzene ring substituents is 1. The SMILES string of the molecule is CN(Cc1cccc([N+](=O)[O-])c1N)CC1CCCO1. The average Bonchev–Trinajstić information content (AvgIpc) is 2.84. The summed E-state index contributed by atoms with van der Waals surface area (Å²) in [7, 11) is 1.97. The Kier molecular flexibility index (Phi) is 4.34. The molecule has 1 atom stereocenters. The molecule has 0 aromatic heterocycles. The second kappa shape index (κ2) is 5.99. The third-order valence-electron chi connectivity index (χ3n) is 3.35. The molecule has 1 saturated heterocycles. The van der Waals surface area contributed by atoms with Crippen LogP contribution in [0.15, 0.2) is 18.2 Å². The smallest absolute Gasteiger partial charge is 0.292 e. The van der Waals surface area contributed by atoms with Gasteiger partial charge in [0.1, 0.15) is 5.69 Å². The first-order valence-electron chi connectivity index (χ1n) is 6.40. The molecule has 0 aliphatic carbocycles. The van der Waals surface area contributed by atoms with Gasteiger partial charge in [-0.1, -0.05) is 12.1 Å². The Bertz CT molecular complexity index is 458. The van der Waals surface area contributed by atoms with E-state index in [9.17, 15) is 10.1 Å². The van der Waals surface area contributed by atoms with E-state index in [-0.39, 0.29) is 17.5 Å². The monoisotopic (exact) mass is 265 g/mol. The van der Waals surface area contributed by atoms with Crippen molar-refractivity contribution < 1.29 is 9.66 Å². The van der Waals surface area contributed by atoms with Crippen molar-refractivity contribution in [1.82, 2.24) is 4.90 Å². The Hall–Kier alpha value is -1.66. The first-order chi connectivity index (χ1) is 9.08. The van der Waals surface area contributed by atoms with E-state index in [0.717, 1.165) is 31.6 Å². The van der Waals surface area contributed by atoms with Crippen LogP contribution in [0.3, 0.4) is 0 Å². The van der Waals surface area contributed by atoms with Gasteiger partial charge in [0.05, 0.1) is 11.0 Å². The Balaban J connectivity index is 2.01. The van der Waals surface area contributed by atoms with Crippen molar-refractivity contribution in [3.63, 3.8) is 0 Å². The Morgan fingerprint density at radius 3 is 3.00 bits per heavy atom. The molecule has 6 nitrogen and oxygen atoms in total. The molecule has 1 fully saturated rings. The van der Waals surface area contributed by atoms with Gasteiger partial charge in [0.15, 0.2) is 0 Å². The molecule has 19 heavy (non-hydrogen) atoms. The van der Waals surface area contributed by atoms with Gasteiger partial charge >= 0.3 is 0 Å². The fourth-order valence-electron chi connectivity index (χ4n) is 2.39. The summed E-state index contributed by atoms with van der Waals surface area (Å²) in [6.45, 7) is 2.24. The highest BCUT2D eigenvalue weighted by Gasteiger charge is 2.19. The number of para-hydroxylation sites is 1. The van der Waals surface area contributed by atoms with Gasteiger partial charge in [-0.3, -0.25) is 15.0 Å². The van der Waals surface area contributed by atoms with Crippen LogP contribution in [-0.4, -0.2) is 36.1 Å². The van der Waals surface area contributed by atoms with Crippen LogP contribution in [0.4, 0.5) is 11.4 Å². The molecule has 0 saturated carbocycles. The lowest BCUT2D eigenvalue weighted by Crippen LogP contribution is -2.28. The molecule has 1 aliphatic heterocycles. The summed E-state index contributed by atoms with van der Waals surface area (Å²) in [5.41, 5.74) is 6.86. The number of nitro groups is 1. The van der Waals surface area contributed by atoms with Gasteiger partial charge in [0.25, 0.3) is 5.69 Å². The summed E-state index contributed by atoms with van der Waals surface area (Å²) in [5.74, 6) is 0. The summed E-state index contributed by atoms with van der Waals surface area (Å²) in [6, 6.07) is 4.93. The zero-order chi connectivity index (χ0) is 13.8. The van der Waals surface area contributed by atoms with Gasteiger partial charge in [0, 0.05) is 25.8 Å². The molecule has 1 aromatic carbocycles. The van der Waals surface area contributed by atoms with Gasteiger partial charge in [-0.25, -0.2) is 0 Å². The number of ether oxygens (including phenoxy) is 1. The largest absolute Gasteiger partial charge is 0.393 e. The van der Waals surface area contributed by atoms with Crippen LogP contribution in [0.25, 0.3) is 0 Å². The van der Waals surface area contributed by atoms with Crippen molar-refractivity contribution in [1.29, 1.82) is 0 Å². The Morgan fingerprint density at radius 1 is 1.58 bits per heavy atom. The summed E-state index contributed by atoms with van der Waals surface area (Å²) in [6.07, 6.45) is 2.46. The molecule has 104 valence electrons. The van der Waals surface area contributed by atoms with Gasteiger partial charge in [-0.2, -0.15) is 0 Å². The van der Waals surface area contributed by atoms with Crippen molar-refractivity contribution >= 4 is 11.4 Å². The highest BCUT2D eigenvalue weighted by atomic mass is 16.6. The van der Waals surface area contributed by atoms with Gasteiger partial charge < -0.3 is 10.5 Å². The number of likely N-dealkylation sites (N-methyl/N-ethyl adjacent to an activating group) is 1. The number of nitrogens with two attached hydrogens (primary N) is 1. The number of hydrogen-bond donors (Lipinski definition) is 1. The second-order valence-electron chi connectivity index (χ2n) is 4.94. The van der Waals surface area contributed by atoms with Crippen LogP contribution >= 0.6 is 0 Å². The summed E-state index contributed by atoms with van der Waals surface area (Å²) < 4.78 is 5.57. The number of rotatable bonds is 5. The van der Waals surface area contributed by atoms with E-state index >= 15 is 0 Å². The van der Waals surface area contributed by atoms with Crippen molar-refractivity contribution in [2.24, 2.45) is 0 Å². The number of hydrogen-bond acceptors (Lipinski definition) is 5. The van der Waals surface area contributed by atoms with Crippen molar-refractivity contribution in [3.8, 4) is 0 Å². The topological polar surface area (TPSA) is 81.6 Å². The van der Waals surface area contributed by atoms with E-state index in [0.29, 0.717) is 6.54 Å². The molecule has 0 amide bonds. The molecule has 0 radical (unpaired) electrons. The predicted octanol–water partition coefficient (Wildman–Crippen LogP) is 1.79. The van der Waals surface area contributed by atoms with E-state index < -0.39 is 4.92 Å². The van der Waals surface area contributed by atoms with Crippen LogP contribution < -0.4 is 5.73 Å². The Morgan fingerprint density at radius 2 is 2.37 bits per heavy atom. The van der Waals surface area contributed by atoms with E-state index in [4.69, 9.17) is 10.5 Å². The predicted molar refractivity (Wildman–Crippen MR) is 72.8 cm³/mol. The van der Waals surface area contributed by atoms with Crippen LogP contribution in [0.2, 0.25) is 0 Å². The third kappa shape index (κ3) is 3.42. The molecule has 6 heteroatoms. The second-order valence-corrected chi connectivity index (χ2v) is 4.94. The van der Waals surface area contributed by atoms with Gasteiger partial charge in [0.2, 0.25) is 0 Å². The maximum Gasteiger partial charge on any atom is 0.292 e. The van der Waals surface area contributed by atoms with E-state index in [1.54, 1.807) is 6.07 Å². The molecule has 0 bridgehead atoms. The molecule has 1 heterocycles. The molecule has 2 N–H and O–H groups in total. The fourth-order valence-corrected chi connectivity index (χ4v) is 2.39. The van der Waals surface area contributed by atoms with Crippen molar-refractivity contribution in [3.05, 3.63) is 33.9 Å². The minimum atomic E-state index is -0.446. The molecule has 1 aromatic rings. The maximum atomic E-state index is 10.8. The summed E-state index contributed by atoms with van der Waals surface area (Å²) in [4.78, 5) is 12.5. The molecule has 1 unspecified atom stereocenters. The molecule has 1 aliphatic rings.